The zero-order valence-corrected chi connectivity index (χ0v) is 15.7. The van der Waals surface area contributed by atoms with E-state index in [1.54, 1.807) is 10.8 Å². The standard InChI is InChI=1S/C18H18ClN3O4S/c19-12-4-2-1-3-10(12)8-27-17-11-5-6-22(16(11)20-9-21-17)18-15(25)14(24)13(7-23)26-18/h1-6,9,13-15,18,23-25H,7-8H2/t13-,14-,15-,18-/m1/s1. The lowest BCUT2D eigenvalue weighted by Crippen LogP contribution is -2.33. The fraction of sp³-hybridized carbons (Fsp3) is 0.333. The number of benzene rings is 1. The van der Waals surface area contributed by atoms with E-state index in [4.69, 9.17) is 16.3 Å². The van der Waals surface area contributed by atoms with Crippen LogP contribution in [0, 0.1) is 0 Å². The Morgan fingerprint density at radius 3 is 2.70 bits per heavy atom. The lowest BCUT2D eigenvalue weighted by molar-refractivity contribution is -0.0508. The first-order chi connectivity index (χ1) is 13.1. The van der Waals surface area contributed by atoms with Crippen LogP contribution in [0.1, 0.15) is 11.8 Å². The van der Waals surface area contributed by atoms with Gasteiger partial charge in [0.2, 0.25) is 0 Å². The molecule has 7 nitrogen and oxygen atoms in total. The van der Waals surface area contributed by atoms with Gasteiger partial charge in [-0.1, -0.05) is 29.8 Å². The lowest BCUT2D eigenvalue weighted by atomic mass is 10.1. The van der Waals surface area contributed by atoms with E-state index >= 15 is 0 Å². The van der Waals surface area contributed by atoms with Crippen molar-refractivity contribution in [1.82, 2.24) is 14.5 Å². The predicted octanol–water partition coefficient (Wildman–Crippen LogP) is 1.99. The summed E-state index contributed by atoms with van der Waals surface area (Å²) in [5.74, 6) is 0.658. The number of hydrogen-bond acceptors (Lipinski definition) is 7. The summed E-state index contributed by atoms with van der Waals surface area (Å²) >= 11 is 7.76. The van der Waals surface area contributed by atoms with E-state index in [0.29, 0.717) is 16.4 Å². The van der Waals surface area contributed by atoms with Gasteiger partial charge in [-0.15, -0.1) is 11.8 Å². The molecule has 3 aromatic rings. The molecule has 0 unspecified atom stereocenters. The number of aliphatic hydroxyl groups excluding tert-OH is 3. The van der Waals surface area contributed by atoms with Gasteiger partial charge in [-0.3, -0.25) is 0 Å². The number of rotatable bonds is 5. The predicted molar refractivity (Wildman–Crippen MR) is 102 cm³/mol. The molecule has 1 aliphatic rings. The molecule has 0 saturated carbocycles. The number of halogens is 1. The average Bonchev–Trinajstić information content (AvgIpc) is 3.23. The van der Waals surface area contributed by atoms with Crippen molar-refractivity contribution >= 4 is 34.4 Å². The van der Waals surface area contributed by atoms with Crippen molar-refractivity contribution in [1.29, 1.82) is 0 Å². The zero-order chi connectivity index (χ0) is 19.0. The van der Waals surface area contributed by atoms with Crippen molar-refractivity contribution in [2.24, 2.45) is 0 Å². The first kappa shape index (κ1) is 18.7. The average molecular weight is 408 g/mol. The Hall–Kier alpha value is -1.68. The molecule has 0 spiro atoms. The highest BCUT2D eigenvalue weighted by Crippen LogP contribution is 2.35. The molecule has 3 N–H and O–H groups in total. The van der Waals surface area contributed by atoms with Gasteiger partial charge in [-0.2, -0.15) is 0 Å². The number of nitrogens with zero attached hydrogens (tertiary/aromatic N) is 3. The van der Waals surface area contributed by atoms with Crippen molar-refractivity contribution in [3.63, 3.8) is 0 Å². The van der Waals surface area contributed by atoms with Crippen molar-refractivity contribution in [2.45, 2.75) is 35.3 Å². The summed E-state index contributed by atoms with van der Waals surface area (Å²) in [6.07, 6.45) is -0.793. The molecule has 2 aromatic heterocycles. The van der Waals surface area contributed by atoms with E-state index in [2.05, 4.69) is 9.97 Å². The van der Waals surface area contributed by atoms with Crippen LogP contribution in [0.5, 0.6) is 0 Å². The van der Waals surface area contributed by atoms with Crippen molar-refractivity contribution < 1.29 is 20.1 Å². The normalized spacial score (nSPS) is 25.3. The molecule has 0 aliphatic carbocycles. The van der Waals surface area contributed by atoms with Crippen LogP contribution in [0.25, 0.3) is 11.0 Å². The number of thioether (sulfide) groups is 1. The molecule has 0 radical (unpaired) electrons. The third kappa shape index (κ3) is 3.44. The van der Waals surface area contributed by atoms with Crippen LogP contribution in [0.3, 0.4) is 0 Å². The lowest BCUT2D eigenvalue weighted by Gasteiger charge is -2.17. The fourth-order valence-corrected chi connectivity index (χ4v) is 4.40. The summed E-state index contributed by atoms with van der Waals surface area (Å²) in [5, 5.41) is 31.8. The maximum Gasteiger partial charge on any atom is 0.164 e. The second-order valence-electron chi connectivity index (χ2n) is 6.25. The van der Waals surface area contributed by atoms with Gasteiger partial charge in [0.1, 0.15) is 35.3 Å². The van der Waals surface area contributed by atoms with Gasteiger partial charge >= 0.3 is 0 Å². The molecule has 27 heavy (non-hydrogen) atoms. The number of ether oxygens (including phenoxy) is 1. The van der Waals surface area contributed by atoms with Crippen LogP contribution in [-0.4, -0.2) is 54.8 Å². The van der Waals surface area contributed by atoms with Crippen LogP contribution < -0.4 is 0 Å². The molecule has 1 aliphatic heterocycles. The van der Waals surface area contributed by atoms with E-state index < -0.39 is 24.5 Å². The molecular weight excluding hydrogens is 390 g/mol. The Kier molecular flexibility index (Phi) is 5.36. The summed E-state index contributed by atoms with van der Waals surface area (Å²) in [6.45, 7) is -0.373. The smallest absolute Gasteiger partial charge is 0.164 e. The van der Waals surface area contributed by atoms with Crippen LogP contribution in [-0.2, 0) is 10.5 Å². The van der Waals surface area contributed by atoms with E-state index in [1.165, 1.54) is 18.1 Å². The van der Waals surface area contributed by atoms with Gasteiger partial charge in [0.05, 0.1) is 12.0 Å². The number of fused-ring (bicyclic) bond motifs is 1. The third-order valence-corrected chi connectivity index (χ3v) is 6.01. The minimum Gasteiger partial charge on any atom is -0.394 e. The molecule has 4 rings (SSSR count). The number of aliphatic hydroxyl groups is 3. The monoisotopic (exact) mass is 407 g/mol. The van der Waals surface area contributed by atoms with Gasteiger partial charge in [0.25, 0.3) is 0 Å². The molecular formula is C18H18ClN3O4S. The highest BCUT2D eigenvalue weighted by atomic mass is 35.5. The highest BCUT2D eigenvalue weighted by Gasteiger charge is 2.43. The third-order valence-electron chi connectivity index (χ3n) is 4.59. The summed E-state index contributed by atoms with van der Waals surface area (Å²) < 4.78 is 7.25. The fourth-order valence-electron chi connectivity index (χ4n) is 3.14. The number of aromatic nitrogens is 3. The second kappa shape index (κ2) is 7.75. The van der Waals surface area contributed by atoms with Gasteiger partial charge < -0.3 is 24.6 Å². The summed E-state index contributed by atoms with van der Waals surface area (Å²) in [6, 6.07) is 9.50. The Labute approximate surface area is 164 Å². The molecule has 0 amide bonds. The van der Waals surface area contributed by atoms with Crippen LogP contribution in [0.15, 0.2) is 47.9 Å². The Balaban J connectivity index is 1.61. The Bertz CT molecular complexity index is 953. The Morgan fingerprint density at radius 2 is 1.96 bits per heavy atom. The minimum atomic E-state index is -1.16. The van der Waals surface area contributed by atoms with Crippen molar-refractivity contribution in [3.05, 3.63) is 53.4 Å². The first-order valence-electron chi connectivity index (χ1n) is 8.40. The minimum absolute atomic E-state index is 0.373. The van der Waals surface area contributed by atoms with E-state index in [9.17, 15) is 15.3 Å². The zero-order valence-electron chi connectivity index (χ0n) is 14.1. The molecule has 1 saturated heterocycles. The topological polar surface area (TPSA) is 101 Å². The summed E-state index contributed by atoms with van der Waals surface area (Å²) in [5.41, 5.74) is 1.60. The van der Waals surface area contributed by atoms with Gasteiger partial charge in [0, 0.05) is 17.0 Å². The van der Waals surface area contributed by atoms with E-state index in [0.717, 1.165) is 16.0 Å². The van der Waals surface area contributed by atoms with Crippen LogP contribution in [0.2, 0.25) is 5.02 Å². The molecule has 1 aromatic carbocycles. The molecule has 1 fully saturated rings. The van der Waals surface area contributed by atoms with Gasteiger partial charge in [-0.25, -0.2) is 9.97 Å². The van der Waals surface area contributed by atoms with Crippen LogP contribution >= 0.6 is 23.4 Å². The van der Waals surface area contributed by atoms with E-state index in [1.807, 2.05) is 30.3 Å². The van der Waals surface area contributed by atoms with Crippen molar-refractivity contribution in [2.75, 3.05) is 6.61 Å². The summed E-state index contributed by atoms with van der Waals surface area (Å²) in [7, 11) is 0. The van der Waals surface area contributed by atoms with Gasteiger partial charge in [-0.05, 0) is 17.7 Å². The van der Waals surface area contributed by atoms with E-state index in [-0.39, 0.29) is 6.61 Å². The second-order valence-corrected chi connectivity index (χ2v) is 7.62. The maximum atomic E-state index is 10.3. The highest BCUT2D eigenvalue weighted by molar-refractivity contribution is 7.98. The molecule has 9 heteroatoms. The molecule has 3 heterocycles. The number of hydrogen-bond donors (Lipinski definition) is 3. The molecule has 0 bridgehead atoms. The van der Waals surface area contributed by atoms with Crippen LogP contribution in [0.4, 0.5) is 0 Å². The first-order valence-corrected chi connectivity index (χ1v) is 9.76. The SMILES string of the molecule is OC[C@H]1O[C@@H](n2ccc3c(SCc4ccccc4Cl)ncnc32)[C@H](O)[C@@H]1O. The quantitative estimate of drug-likeness (QED) is 0.439. The van der Waals surface area contributed by atoms with Crippen molar-refractivity contribution in [3.8, 4) is 0 Å². The van der Waals surface area contributed by atoms with Gasteiger partial charge in [0.15, 0.2) is 6.23 Å². The Morgan fingerprint density at radius 1 is 1.15 bits per heavy atom. The largest absolute Gasteiger partial charge is 0.394 e. The maximum absolute atomic E-state index is 10.3. The molecule has 4 atom stereocenters. The summed E-state index contributed by atoms with van der Waals surface area (Å²) in [4.78, 5) is 8.67. The molecule has 142 valence electrons.